The molecule has 3 rings (SSSR count). The highest BCUT2D eigenvalue weighted by atomic mass is 16.1. The third-order valence-electron chi connectivity index (χ3n) is 3.18. The molecule has 1 N–H and O–H groups in total. The second-order valence-electron chi connectivity index (χ2n) is 4.76. The SMILES string of the molecule is Cc1cccc(NC(=O)c2ccc3cnccc3c2)c1. The first kappa shape index (κ1) is 12.4. The van der Waals surface area contributed by atoms with Crippen molar-refractivity contribution in [2.24, 2.45) is 0 Å². The van der Waals surface area contributed by atoms with E-state index in [0.717, 1.165) is 22.0 Å². The Labute approximate surface area is 117 Å². The molecule has 0 fully saturated rings. The minimum atomic E-state index is -0.102. The molecule has 0 saturated carbocycles. The first-order valence-corrected chi connectivity index (χ1v) is 6.44. The normalized spacial score (nSPS) is 10.4. The molecule has 2 aromatic carbocycles. The van der Waals surface area contributed by atoms with Gasteiger partial charge in [0.05, 0.1) is 0 Å². The number of nitrogens with zero attached hydrogens (tertiary/aromatic N) is 1. The van der Waals surface area contributed by atoms with Crippen molar-refractivity contribution >= 4 is 22.4 Å². The molecule has 0 saturated heterocycles. The second-order valence-corrected chi connectivity index (χ2v) is 4.76. The van der Waals surface area contributed by atoms with Gasteiger partial charge in [0.15, 0.2) is 0 Å². The smallest absolute Gasteiger partial charge is 0.255 e. The summed E-state index contributed by atoms with van der Waals surface area (Å²) < 4.78 is 0. The summed E-state index contributed by atoms with van der Waals surface area (Å²) in [4.78, 5) is 16.3. The fourth-order valence-electron chi connectivity index (χ4n) is 2.15. The lowest BCUT2D eigenvalue weighted by Gasteiger charge is -2.07. The van der Waals surface area contributed by atoms with E-state index in [2.05, 4.69) is 10.3 Å². The van der Waals surface area contributed by atoms with Crippen LogP contribution in [0, 0.1) is 6.92 Å². The van der Waals surface area contributed by atoms with E-state index < -0.39 is 0 Å². The molecular weight excluding hydrogens is 248 g/mol. The van der Waals surface area contributed by atoms with Crippen molar-refractivity contribution in [1.82, 2.24) is 4.98 Å². The Balaban J connectivity index is 1.88. The van der Waals surface area contributed by atoms with Crippen LogP contribution < -0.4 is 5.32 Å². The predicted molar refractivity (Wildman–Crippen MR) is 80.9 cm³/mol. The van der Waals surface area contributed by atoms with Gasteiger partial charge in [-0.2, -0.15) is 0 Å². The molecule has 0 spiro atoms. The molecule has 0 aliphatic carbocycles. The lowest BCUT2D eigenvalue weighted by atomic mass is 10.1. The van der Waals surface area contributed by atoms with Crippen LogP contribution >= 0.6 is 0 Å². The molecule has 0 bridgehead atoms. The van der Waals surface area contributed by atoms with Gasteiger partial charge >= 0.3 is 0 Å². The molecule has 98 valence electrons. The number of aromatic nitrogens is 1. The Bertz CT molecular complexity index is 781. The number of carbonyl (C=O) groups excluding carboxylic acids is 1. The molecule has 1 heterocycles. The minimum absolute atomic E-state index is 0.102. The molecule has 0 unspecified atom stereocenters. The maximum absolute atomic E-state index is 12.2. The van der Waals surface area contributed by atoms with Gasteiger partial charge in [0.25, 0.3) is 5.91 Å². The number of benzene rings is 2. The number of anilines is 1. The summed E-state index contributed by atoms with van der Waals surface area (Å²) in [5.74, 6) is -0.102. The number of carbonyl (C=O) groups is 1. The Morgan fingerprint density at radius 2 is 1.95 bits per heavy atom. The average molecular weight is 262 g/mol. The highest BCUT2D eigenvalue weighted by Crippen LogP contribution is 2.16. The predicted octanol–water partition coefficient (Wildman–Crippen LogP) is 3.80. The number of rotatable bonds is 2. The molecule has 3 aromatic rings. The van der Waals surface area contributed by atoms with Crippen LogP contribution in [-0.4, -0.2) is 10.9 Å². The van der Waals surface area contributed by atoms with Crippen LogP contribution in [0.3, 0.4) is 0 Å². The second kappa shape index (κ2) is 5.13. The van der Waals surface area contributed by atoms with Crippen molar-refractivity contribution in [3.8, 4) is 0 Å². The van der Waals surface area contributed by atoms with Crippen molar-refractivity contribution in [2.75, 3.05) is 5.32 Å². The van der Waals surface area contributed by atoms with Crippen LogP contribution in [0.4, 0.5) is 5.69 Å². The highest BCUT2D eigenvalue weighted by molar-refractivity contribution is 6.06. The summed E-state index contributed by atoms with van der Waals surface area (Å²) in [7, 11) is 0. The molecule has 20 heavy (non-hydrogen) atoms. The van der Waals surface area contributed by atoms with Gasteiger partial charge in [0.2, 0.25) is 0 Å². The van der Waals surface area contributed by atoms with Crippen molar-refractivity contribution in [3.63, 3.8) is 0 Å². The number of nitrogens with one attached hydrogen (secondary N) is 1. The van der Waals surface area contributed by atoms with Gasteiger partial charge in [0.1, 0.15) is 0 Å². The molecule has 3 heteroatoms. The Hall–Kier alpha value is -2.68. The summed E-state index contributed by atoms with van der Waals surface area (Å²) in [6.45, 7) is 2.00. The molecule has 1 amide bonds. The van der Waals surface area contributed by atoms with E-state index in [1.54, 1.807) is 12.4 Å². The third kappa shape index (κ3) is 2.52. The zero-order valence-electron chi connectivity index (χ0n) is 11.1. The van der Waals surface area contributed by atoms with Gasteiger partial charge in [-0.1, -0.05) is 18.2 Å². The van der Waals surface area contributed by atoms with Gasteiger partial charge in [-0.15, -0.1) is 0 Å². The highest BCUT2D eigenvalue weighted by Gasteiger charge is 2.06. The third-order valence-corrected chi connectivity index (χ3v) is 3.18. The number of pyridine rings is 1. The van der Waals surface area contributed by atoms with Crippen LogP contribution in [0.5, 0.6) is 0 Å². The van der Waals surface area contributed by atoms with Gasteiger partial charge in [-0.05, 0) is 48.2 Å². The van der Waals surface area contributed by atoms with E-state index in [0.29, 0.717) is 5.56 Å². The molecule has 0 aliphatic rings. The summed E-state index contributed by atoms with van der Waals surface area (Å²) in [5, 5.41) is 4.95. The van der Waals surface area contributed by atoms with Crippen LogP contribution in [-0.2, 0) is 0 Å². The van der Waals surface area contributed by atoms with Gasteiger partial charge < -0.3 is 5.32 Å². The van der Waals surface area contributed by atoms with Gasteiger partial charge in [-0.3, -0.25) is 9.78 Å². The number of hydrogen-bond donors (Lipinski definition) is 1. The first-order valence-electron chi connectivity index (χ1n) is 6.44. The monoisotopic (exact) mass is 262 g/mol. The Morgan fingerprint density at radius 1 is 1.05 bits per heavy atom. The largest absolute Gasteiger partial charge is 0.322 e. The van der Waals surface area contributed by atoms with E-state index >= 15 is 0 Å². The van der Waals surface area contributed by atoms with Crippen LogP contribution in [0.15, 0.2) is 60.9 Å². The zero-order chi connectivity index (χ0) is 13.9. The molecule has 3 nitrogen and oxygen atoms in total. The van der Waals surface area contributed by atoms with E-state index in [4.69, 9.17) is 0 Å². The fraction of sp³-hybridized carbons (Fsp3) is 0.0588. The molecular formula is C17H14N2O. The minimum Gasteiger partial charge on any atom is -0.322 e. The molecule has 0 atom stereocenters. The quantitative estimate of drug-likeness (QED) is 0.763. The molecule has 1 aromatic heterocycles. The summed E-state index contributed by atoms with van der Waals surface area (Å²) in [6, 6.07) is 15.3. The van der Waals surface area contributed by atoms with Crippen molar-refractivity contribution in [1.29, 1.82) is 0 Å². The lowest BCUT2D eigenvalue weighted by Crippen LogP contribution is -2.11. The Kier molecular flexibility index (Phi) is 3.17. The topological polar surface area (TPSA) is 42.0 Å². The molecule has 0 radical (unpaired) electrons. The number of fused-ring (bicyclic) bond motifs is 1. The van der Waals surface area contributed by atoms with Gasteiger partial charge in [-0.25, -0.2) is 0 Å². The van der Waals surface area contributed by atoms with Crippen molar-refractivity contribution in [2.45, 2.75) is 6.92 Å². The fourth-order valence-corrected chi connectivity index (χ4v) is 2.15. The summed E-state index contributed by atoms with van der Waals surface area (Å²) in [5.41, 5.74) is 2.57. The summed E-state index contributed by atoms with van der Waals surface area (Å²) >= 11 is 0. The lowest BCUT2D eigenvalue weighted by molar-refractivity contribution is 0.102. The summed E-state index contributed by atoms with van der Waals surface area (Å²) in [6.07, 6.45) is 3.52. The Morgan fingerprint density at radius 3 is 2.80 bits per heavy atom. The van der Waals surface area contributed by atoms with Crippen LogP contribution in [0.25, 0.3) is 10.8 Å². The molecule has 0 aliphatic heterocycles. The van der Waals surface area contributed by atoms with Crippen LogP contribution in [0.2, 0.25) is 0 Å². The number of aryl methyl sites for hydroxylation is 1. The van der Waals surface area contributed by atoms with E-state index in [-0.39, 0.29) is 5.91 Å². The van der Waals surface area contributed by atoms with E-state index in [1.807, 2.05) is 55.5 Å². The van der Waals surface area contributed by atoms with Crippen molar-refractivity contribution < 1.29 is 4.79 Å². The van der Waals surface area contributed by atoms with E-state index in [9.17, 15) is 4.79 Å². The maximum atomic E-state index is 12.2. The van der Waals surface area contributed by atoms with Crippen LogP contribution in [0.1, 0.15) is 15.9 Å². The average Bonchev–Trinajstić information content (AvgIpc) is 2.47. The number of amides is 1. The van der Waals surface area contributed by atoms with Gasteiger partial charge in [0, 0.05) is 29.0 Å². The maximum Gasteiger partial charge on any atom is 0.255 e. The standard InChI is InChI=1S/C17H14N2O/c1-12-3-2-4-16(9-12)19-17(20)14-5-6-15-11-18-8-7-13(15)10-14/h2-11H,1H3,(H,19,20). The zero-order valence-corrected chi connectivity index (χ0v) is 11.1. The van der Waals surface area contributed by atoms with Crippen molar-refractivity contribution in [3.05, 3.63) is 72.1 Å². The number of hydrogen-bond acceptors (Lipinski definition) is 2. The van der Waals surface area contributed by atoms with E-state index in [1.165, 1.54) is 0 Å². The first-order chi connectivity index (χ1) is 9.72.